The molecule has 0 saturated heterocycles. The summed E-state index contributed by atoms with van der Waals surface area (Å²) in [4.78, 5) is 24.4. The molecule has 1 aliphatic carbocycles. The molecule has 1 atom stereocenters. The van der Waals surface area contributed by atoms with Gasteiger partial charge in [0.15, 0.2) is 6.10 Å². The quantitative estimate of drug-likeness (QED) is 0.762. The third-order valence-electron chi connectivity index (χ3n) is 4.52. The average Bonchev–Trinajstić information content (AvgIpc) is 2.62. The summed E-state index contributed by atoms with van der Waals surface area (Å²) >= 11 is 0. The zero-order chi connectivity index (χ0) is 18.2. The number of benzene rings is 1. The molecule has 0 bridgehead atoms. The SMILES string of the molecule is COc1ccc(OC)c(NC(=O)[C@H](C)OC(=O)CC2CCCCC2)c1. The summed E-state index contributed by atoms with van der Waals surface area (Å²) in [6.07, 6.45) is 5.24. The molecule has 0 spiro atoms. The van der Waals surface area contributed by atoms with E-state index in [2.05, 4.69) is 5.32 Å². The first-order valence-electron chi connectivity index (χ1n) is 8.76. The van der Waals surface area contributed by atoms with E-state index in [0.717, 1.165) is 12.8 Å². The Kier molecular flexibility index (Phi) is 7.10. The third-order valence-corrected chi connectivity index (χ3v) is 4.52. The number of hydrogen-bond acceptors (Lipinski definition) is 5. The van der Waals surface area contributed by atoms with E-state index in [0.29, 0.717) is 29.5 Å². The average molecular weight is 349 g/mol. The number of hydrogen-bond donors (Lipinski definition) is 1. The summed E-state index contributed by atoms with van der Waals surface area (Å²) in [5.41, 5.74) is 0.474. The van der Waals surface area contributed by atoms with Crippen LogP contribution in [0.2, 0.25) is 0 Å². The Morgan fingerprint density at radius 2 is 1.88 bits per heavy atom. The Hall–Kier alpha value is -2.24. The van der Waals surface area contributed by atoms with Gasteiger partial charge in [-0.05, 0) is 37.8 Å². The molecule has 0 aliphatic heterocycles. The van der Waals surface area contributed by atoms with E-state index < -0.39 is 12.0 Å². The van der Waals surface area contributed by atoms with Crippen molar-refractivity contribution in [1.29, 1.82) is 0 Å². The van der Waals surface area contributed by atoms with E-state index in [-0.39, 0.29) is 5.97 Å². The van der Waals surface area contributed by atoms with Crippen LogP contribution < -0.4 is 14.8 Å². The second kappa shape index (κ2) is 9.30. The van der Waals surface area contributed by atoms with Crippen LogP contribution in [-0.4, -0.2) is 32.2 Å². The van der Waals surface area contributed by atoms with Crippen LogP contribution in [0.1, 0.15) is 45.4 Å². The number of anilines is 1. The zero-order valence-electron chi connectivity index (χ0n) is 15.2. The number of carbonyl (C=O) groups excluding carboxylic acids is 2. The van der Waals surface area contributed by atoms with Gasteiger partial charge in [-0.2, -0.15) is 0 Å². The van der Waals surface area contributed by atoms with Crippen LogP contribution in [0, 0.1) is 5.92 Å². The van der Waals surface area contributed by atoms with Gasteiger partial charge in [-0.15, -0.1) is 0 Å². The fourth-order valence-corrected chi connectivity index (χ4v) is 3.07. The Morgan fingerprint density at radius 3 is 2.52 bits per heavy atom. The molecule has 6 nitrogen and oxygen atoms in total. The van der Waals surface area contributed by atoms with Gasteiger partial charge in [-0.1, -0.05) is 19.3 Å². The molecule has 0 heterocycles. The Morgan fingerprint density at radius 1 is 1.16 bits per heavy atom. The fraction of sp³-hybridized carbons (Fsp3) is 0.579. The molecule has 1 N–H and O–H groups in total. The Bertz CT molecular complexity index is 595. The molecule has 1 aromatic carbocycles. The molecule has 0 aromatic heterocycles. The molecule has 1 saturated carbocycles. The standard InChI is InChI=1S/C19H27NO5/c1-13(25-18(21)11-14-7-5-4-6-8-14)19(22)20-16-12-15(23-2)9-10-17(16)24-3/h9-10,12-14H,4-8,11H2,1-3H3,(H,20,22)/t13-/m0/s1. The van der Waals surface area contributed by atoms with Gasteiger partial charge < -0.3 is 19.5 Å². The second-order valence-corrected chi connectivity index (χ2v) is 6.40. The highest BCUT2D eigenvalue weighted by atomic mass is 16.5. The molecule has 1 aliphatic rings. The first-order valence-corrected chi connectivity index (χ1v) is 8.76. The van der Waals surface area contributed by atoms with Crippen LogP contribution in [0.5, 0.6) is 11.5 Å². The largest absolute Gasteiger partial charge is 0.497 e. The van der Waals surface area contributed by atoms with Gasteiger partial charge in [0, 0.05) is 12.5 Å². The minimum Gasteiger partial charge on any atom is -0.497 e. The summed E-state index contributed by atoms with van der Waals surface area (Å²) in [6.45, 7) is 1.57. The van der Waals surface area contributed by atoms with E-state index in [1.165, 1.54) is 26.4 Å². The number of rotatable bonds is 7. The maximum absolute atomic E-state index is 12.3. The van der Waals surface area contributed by atoms with Crippen molar-refractivity contribution in [3.8, 4) is 11.5 Å². The van der Waals surface area contributed by atoms with Crippen molar-refractivity contribution >= 4 is 17.6 Å². The number of amides is 1. The van der Waals surface area contributed by atoms with Gasteiger partial charge in [-0.25, -0.2) is 0 Å². The number of methoxy groups -OCH3 is 2. The monoisotopic (exact) mass is 349 g/mol. The van der Waals surface area contributed by atoms with E-state index in [1.54, 1.807) is 32.2 Å². The van der Waals surface area contributed by atoms with Crippen LogP contribution in [0.25, 0.3) is 0 Å². The summed E-state index contributed by atoms with van der Waals surface area (Å²) in [7, 11) is 3.06. The van der Waals surface area contributed by atoms with Crippen molar-refractivity contribution in [2.24, 2.45) is 5.92 Å². The van der Waals surface area contributed by atoms with Crippen molar-refractivity contribution in [3.05, 3.63) is 18.2 Å². The lowest BCUT2D eigenvalue weighted by Gasteiger charge is -2.21. The van der Waals surface area contributed by atoms with Gasteiger partial charge in [-0.3, -0.25) is 9.59 Å². The lowest BCUT2D eigenvalue weighted by molar-refractivity contribution is -0.154. The normalized spacial score (nSPS) is 16.0. The Labute approximate surface area is 148 Å². The molecule has 1 aromatic rings. The number of nitrogens with one attached hydrogen (secondary N) is 1. The molecule has 2 rings (SSSR count). The first kappa shape index (κ1) is 19.1. The molecule has 25 heavy (non-hydrogen) atoms. The lowest BCUT2D eigenvalue weighted by atomic mass is 9.87. The van der Waals surface area contributed by atoms with Gasteiger partial charge in [0.2, 0.25) is 0 Å². The van der Waals surface area contributed by atoms with Gasteiger partial charge in [0.05, 0.1) is 19.9 Å². The summed E-state index contributed by atoms with van der Waals surface area (Å²) in [6, 6.07) is 5.10. The van der Waals surface area contributed by atoms with Crippen molar-refractivity contribution in [3.63, 3.8) is 0 Å². The predicted molar refractivity (Wildman–Crippen MR) is 94.9 cm³/mol. The van der Waals surface area contributed by atoms with E-state index in [9.17, 15) is 9.59 Å². The molecule has 1 amide bonds. The van der Waals surface area contributed by atoms with Crippen molar-refractivity contribution in [2.75, 3.05) is 19.5 Å². The van der Waals surface area contributed by atoms with Crippen LogP contribution in [0.4, 0.5) is 5.69 Å². The zero-order valence-corrected chi connectivity index (χ0v) is 15.2. The topological polar surface area (TPSA) is 73.9 Å². The second-order valence-electron chi connectivity index (χ2n) is 6.40. The fourth-order valence-electron chi connectivity index (χ4n) is 3.07. The lowest BCUT2D eigenvalue weighted by Crippen LogP contribution is -2.30. The number of carbonyl (C=O) groups is 2. The first-order chi connectivity index (χ1) is 12.0. The van der Waals surface area contributed by atoms with E-state index in [1.807, 2.05) is 0 Å². The minimum absolute atomic E-state index is 0.313. The predicted octanol–water partition coefficient (Wildman–Crippen LogP) is 3.54. The maximum Gasteiger partial charge on any atom is 0.306 e. The van der Waals surface area contributed by atoms with E-state index >= 15 is 0 Å². The summed E-state index contributed by atoms with van der Waals surface area (Å²) in [5, 5.41) is 2.72. The molecule has 6 heteroatoms. The van der Waals surface area contributed by atoms with Gasteiger partial charge in [0.25, 0.3) is 5.91 Å². The van der Waals surface area contributed by atoms with E-state index in [4.69, 9.17) is 14.2 Å². The maximum atomic E-state index is 12.3. The van der Waals surface area contributed by atoms with Crippen LogP contribution in [0.3, 0.4) is 0 Å². The van der Waals surface area contributed by atoms with Crippen LogP contribution >= 0.6 is 0 Å². The molecular weight excluding hydrogens is 322 g/mol. The molecule has 0 radical (unpaired) electrons. The highest BCUT2D eigenvalue weighted by Crippen LogP contribution is 2.29. The Balaban J connectivity index is 1.90. The molecule has 0 unspecified atom stereocenters. The van der Waals surface area contributed by atoms with Crippen molar-refractivity contribution in [1.82, 2.24) is 0 Å². The number of ether oxygens (including phenoxy) is 3. The van der Waals surface area contributed by atoms with Gasteiger partial charge in [0.1, 0.15) is 11.5 Å². The van der Waals surface area contributed by atoms with Crippen molar-refractivity contribution < 1.29 is 23.8 Å². The third kappa shape index (κ3) is 5.66. The molecule has 1 fully saturated rings. The number of esters is 1. The molecular formula is C19H27NO5. The molecule has 138 valence electrons. The highest BCUT2D eigenvalue weighted by molar-refractivity contribution is 5.96. The minimum atomic E-state index is -0.869. The van der Waals surface area contributed by atoms with Crippen molar-refractivity contribution in [2.45, 2.75) is 51.6 Å². The summed E-state index contributed by atoms with van der Waals surface area (Å²) < 4.78 is 15.7. The smallest absolute Gasteiger partial charge is 0.306 e. The highest BCUT2D eigenvalue weighted by Gasteiger charge is 2.23. The van der Waals surface area contributed by atoms with Gasteiger partial charge >= 0.3 is 5.97 Å². The van der Waals surface area contributed by atoms with Crippen LogP contribution in [0.15, 0.2) is 18.2 Å². The summed E-state index contributed by atoms with van der Waals surface area (Å²) in [5.74, 6) is 0.777. The van der Waals surface area contributed by atoms with Crippen LogP contribution in [-0.2, 0) is 14.3 Å².